The average molecular weight is 337 g/mol. The van der Waals surface area contributed by atoms with Crippen LogP contribution >= 0.6 is 11.3 Å². The van der Waals surface area contributed by atoms with Crippen molar-refractivity contribution in [1.29, 1.82) is 0 Å². The Bertz CT molecular complexity index is 578. The number of nitrogens with one attached hydrogen (secondary N) is 1. The lowest BCUT2D eigenvalue weighted by molar-refractivity contribution is -0.0666. The SMILES string of the molecule is CN=C(NCCc1nc(C(C)(C)C)cs1)N1CC(C)(C)C1(C)C. The number of hydrogen-bond donors (Lipinski definition) is 1. The van der Waals surface area contributed by atoms with E-state index in [1.54, 1.807) is 11.3 Å². The summed E-state index contributed by atoms with van der Waals surface area (Å²) in [6.45, 7) is 17.8. The van der Waals surface area contributed by atoms with Crippen molar-refractivity contribution >= 4 is 17.3 Å². The van der Waals surface area contributed by atoms with Gasteiger partial charge in [0.05, 0.1) is 10.7 Å². The summed E-state index contributed by atoms with van der Waals surface area (Å²) >= 11 is 1.76. The number of nitrogens with zero attached hydrogens (tertiary/aromatic N) is 3. The number of hydrogen-bond acceptors (Lipinski definition) is 3. The van der Waals surface area contributed by atoms with E-state index in [9.17, 15) is 0 Å². The third-order valence-electron chi connectivity index (χ3n) is 5.29. The Morgan fingerprint density at radius 2 is 2.00 bits per heavy atom. The summed E-state index contributed by atoms with van der Waals surface area (Å²) in [6, 6.07) is 0. The van der Waals surface area contributed by atoms with Crippen LogP contribution in [0.2, 0.25) is 0 Å². The quantitative estimate of drug-likeness (QED) is 0.676. The molecule has 0 spiro atoms. The van der Waals surface area contributed by atoms with Crippen molar-refractivity contribution < 1.29 is 0 Å². The first-order valence-corrected chi connectivity index (χ1v) is 9.30. The van der Waals surface area contributed by atoms with Crippen LogP contribution < -0.4 is 5.32 Å². The second kappa shape index (κ2) is 6.08. The maximum atomic E-state index is 4.76. The number of aromatic nitrogens is 1. The first-order valence-electron chi connectivity index (χ1n) is 8.42. The zero-order valence-corrected chi connectivity index (χ0v) is 16.8. The topological polar surface area (TPSA) is 40.5 Å². The van der Waals surface area contributed by atoms with Gasteiger partial charge in [0.1, 0.15) is 0 Å². The third kappa shape index (κ3) is 3.54. The maximum Gasteiger partial charge on any atom is 0.194 e. The second-order valence-corrected chi connectivity index (χ2v) is 9.57. The van der Waals surface area contributed by atoms with Crippen molar-refractivity contribution in [1.82, 2.24) is 15.2 Å². The molecule has 1 aromatic heterocycles. The van der Waals surface area contributed by atoms with Crippen molar-refractivity contribution in [3.05, 3.63) is 16.1 Å². The Morgan fingerprint density at radius 1 is 1.35 bits per heavy atom. The number of rotatable bonds is 3. The van der Waals surface area contributed by atoms with Gasteiger partial charge in [-0.25, -0.2) is 4.98 Å². The van der Waals surface area contributed by atoms with Crippen molar-refractivity contribution in [2.45, 2.75) is 65.8 Å². The molecule has 0 aliphatic carbocycles. The largest absolute Gasteiger partial charge is 0.356 e. The highest BCUT2D eigenvalue weighted by molar-refractivity contribution is 7.09. The van der Waals surface area contributed by atoms with Crippen LogP contribution in [0.4, 0.5) is 0 Å². The van der Waals surface area contributed by atoms with E-state index in [0.717, 1.165) is 25.5 Å². The molecule has 0 radical (unpaired) electrons. The van der Waals surface area contributed by atoms with Gasteiger partial charge in [0.2, 0.25) is 0 Å². The minimum absolute atomic E-state index is 0.130. The molecule has 0 amide bonds. The van der Waals surface area contributed by atoms with E-state index in [4.69, 9.17) is 4.98 Å². The van der Waals surface area contributed by atoms with Crippen molar-refractivity contribution in [3.63, 3.8) is 0 Å². The van der Waals surface area contributed by atoms with Gasteiger partial charge < -0.3 is 10.2 Å². The zero-order chi connectivity index (χ0) is 17.5. The van der Waals surface area contributed by atoms with Gasteiger partial charge in [0.15, 0.2) is 5.96 Å². The predicted molar refractivity (Wildman–Crippen MR) is 100 cm³/mol. The number of likely N-dealkylation sites (tertiary alicyclic amines) is 1. The summed E-state index contributed by atoms with van der Waals surface area (Å²) in [5.41, 5.74) is 1.77. The van der Waals surface area contributed by atoms with Gasteiger partial charge in [-0.15, -0.1) is 11.3 Å². The molecule has 0 atom stereocenters. The number of thiazole rings is 1. The summed E-state index contributed by atoms with van der Waals surface area (Å²) in [6.07, 6.45) is 0.942. The van der Waals surface area contributed by atoms with E-state index >= 15 is 0 Å². The molecule has 0 unspecified atom stereocenters. The first kappa shape index (κ1) is 18.2. The Morgan fingerprint density at radius 3 is 2.43 bits per heavy atom. The molecule has 0 aromatic carbocycles. The fraction of sp³-hybridized carbons (Fsp3) is 0.778. The molecule has 1 N–H and O–H groups in total. The van der Waals surface area contributed by atoms with E-state index in [0.29, 0.717) is 5.41 Å². The van der Waals surface area contributed by atoms with Crippen LogP contribution in [0.1, 0.15) is 59.2 Å². The van der Waals surface area contributed by atoms with Crippen molar-refractivity contribution in [2.75, 3.05) is 20.1 Å². The first-order chi connectivity index (χ1) is 10.5. The lowest BCUT2D eigenvalue weighted by atomic mass is 9.65. The Balaban J connectivity index is 1.90. The molecule has 1 aliphatic rings. The summed E-state index contributed by atoms with van der Waals surface area (Å²) in [5, 5.41) is 6.89. The lowest BCUT2D eigenvalue weighted by Crippen LogP contribution is -2.72. The number of guanidine groups is 1. The van der Waals surface area contributed by atoms with E-state index in [2.05, 4.69) is 69.1 Å². The normalized spacial score (nSPS) is 20.3. The van der Waals surface area contributed by atoms with Gasteiger partial charge in [0, 0.05) is 48.3 Å². The van der Waals surface area contributed by atoms with Crippen LogP contribution in [0.25, 0.3) is 0 Å². The lowest BCUT2D eigenvalue weighted by Gasteiger charge is -2.62. The summed E-state index contributed by atoms with van der Waals surface area (Å²) in [5.74, 6) is 1.00. The van der Waals surface area contributed by atoms with Crippen LogP contribution in [0.3, 0.4) is 0 Å². The minimum atomic E-state index is 0.130. The van der Waals surface area contributed by atoms with Gasteiger partial charge in [-0.1, -0.05) is 34.6 Å². The van der Waals surface area contributed by atoms with Crippen LogP contribution in [0.15, 0.2) is 10.4 Å². The Hall–Kier alpha value is -1.10. The monoisotopic (exact) mass is 336 g/mol. The molecule has 1 fully saturated rings. The molecule has 4 nitrogen and oxygen atoms in total. The van der Waals surface area contributed by atoms with E-state index in [-0.39, 0.29) is 11.0 Å². The molecule has 1 aliphatic heterocycles. The van der Waals surface area contributed by atoms with Gasteiger partial charge in [-0.05, 0) is 13.8 Å². The van der Waals surface area contributed by atoms with Crippen LogP contribution in [0.5, 0.6) is 0 Å². The zero-order valence-electron chi connectivity index (χ0n) is 15.9. The highest BCUT2D eigenvalue weighted by Crippen LogP contribution is 2.46. The van der Waals surface area contributed by atoms with Crippen LogP contribution in [0, 0.1) is 5.41 Å². The predicted octanol–water partition coefficient (Wildman–Crippen LogP) is 3.68. The minimum Gasteiger partial charge on any atom is -0.356 e. The van der Waals surface area contributed by atoms with Crippen molar-refractivity contribution in [3.8, 4) is 0 Å². The van der Waals surface area contributed by atoms with E-state index in [1.807, 2.05) is 7.05 Å². The summed E-state index contributed by atoms with van der Waals surface area (Å²) in [7, 11) is 1.87. The molecule has 1 saturated heterocycles. The highest BCUT2D eigenvalue weighted by Gasteiger charge is 2.53. The smallest absolute Gasteiger partial charge is 0.194 e. The second-order valence-electron chi connectivity index (χ2n) is 8.63. The average Bonchev–Trinajstić information content (AvgIpc) is 2.90. The molecule has 0 bridgehead atoms. The van der Waals surface area contributed by atoms with Gasteiger partial charge in [0.25, 0.3) is 0 Å². The molecule has 130 valence electrons. The molecule has 1 aromatic rings. The van der Waals surface area contributed by atoms with Gasteiger partial charge in [-0.3, -0.25) is 4.99 Å². The molecular formula is C18H32N4S. The van der Waals surface area contributed by atoms with Gasteiger partial charge >= 0.3 is 0 Å². The van der Waals surface area contributed by atoms with Crippen LogP contribution in [-0.2, 0) is 11.8 Å². The third-order valence-corrected chi connectivity index (χ3v) is 6.20. The maximum absolute atomic E-state index is 4.76. The molecule has 2 heterocycles. The standard InChI is InChI=1S/C18H32N4S/c1-16(2,3)13-11-23-14(21-13)9-10-20-15(19-8)22-12-17(4,5)18(22,6)7/h11H,9-10,12H2,1-8H3,(H,19,20). The Labute approximate surface area is 145 Å². The molecule has 0 saturated carbocycles. The van der Waals surface area contributed by atoms with E-state index < -0.39 is 0 Å². The summed E-state index contributed by atoms with van der Waals surface area (Å²) < 4.78 is 0. The van der Waals surface area contributed by atoms with E-state index in [1.165, 1.54) is 10.7 Å². The molecule has 5 heteroatoms. The number of aliphatic imine (C=N–C) groups is 1. The molecular weight excluding hydrogens is 304 g/mol. The molecule has 23 heavy (non-hydrogen) atoms. The highest BCUT2D eigenvalue weighted by atomic mass is 32.1. The summed E-state index contributed by atoms with van der Waals surface area (Å²) in [4.78, 5) is 11.6. The van der Waals surface area contributed by atoms with Gasteiger partial charge in [-0.2, -0.15) is 0 Å². The van der Waals surface area contributed by atoms with Crippen molar-refractivity contribution in [2.24, 2.45) is 10.4 Å². The fourth-order valence-electron chi connectivity index (χ4n) is 2.75. The van der Waals surface area contributed by atoms with Crippen LogP contribution in [-0.4, -0.2) is 41.5 Å². The fourth-order valence-corrected chi connectivity index (χ4v) is 3.77. The Kier molecular flexibility index (Phi) is 4.82. The molecule has 2 rings (SSSR count).